The second-order valence-electron chi connectivity index (χ2n) is 12.7. The van der Waals surface area contributed by atoms with E-state index >= 15 is 0 Å². The largest absolute Gasteiger partial charge is 0.633 e. The summed E-state index contributed by atoms with van der Waals surface area (Å²) in [6.07, 6.45) is 2.93. The molecule has 0 saturated heterocycles. The van der Waals surface area contributed by atoms with Crippen LogP contribution in [0.25, 0.3) is 0 Å². The second-order valence-corrected chi connectivity index (χ2v) is 12.7. The molecule has 47 heavy (non-hydrogen) atoms. The molecule has 0 radical (unpaired) electrons. The molecule has 4 aromatic rings. The zero-order valence-corrected chi connectivity index (χ0v) is 28.0. The highest BCUT2D eigenvalue weighted by Crippen LogP contribution is 2.43. The van der Waals surface area contributed by atoms with Crippen LogP contribution >= 0.6 is 0 Å². The molecule has 0 aliphatic carbocycles. The number of likely N-dealkylation sites (N-methyl/N-ethyl adjacent to an activating group) is 2. The lowest BCUT2D eigenvalue weighted by Crippen LogP contribution is -2.47. The summed E-state index contributed by atoms with van der Waals surface area (Å²) in [6, 6.07) is 21.3. The highest BCUT2D eigenvalue weighted by Gasteiger charge is 2.35. The molecule has 0 unspecified atom stereocenters. The minimum absolute atomic E-state index is 0.0393. The predicted molar refractivity (Wildman–Crippen MR) is 181 cm³/mol. The number of rotatable bonds is 10. The van der Waals surface area contributed by atoms with Gasteiger partial charge in [0.2, 0.25) is 0 Å². The Balaban J connectivity index is 1.20. The van der Waals surface area contributed by atoms with Gasteiger partial charge in [-0.3, -0.25) is 4.90 Å². The first-order valence-electron chi connectivity index (χ1n) is 16.0. The number of aromatic hydroxyl groups is 1. The summed E-state index contributed by atoms with van der Waals surface area (Å²) in [4.78, 5) is 2.38. The molecule has 1 N–H and O–H groups in total. The van der Waals surface area contributed by atoms with Gasteiger partial charge in [0, 0.05) is 31.0 Å². The topological polar surface area (TPSA) is 92.7 Å². The monoisotopic (exact) mass is 640 g/mol. The summed E-state index contributed by atoms with van der Waals surface area (Å²) < 4.78 is 28.0. The number of fused-ring (bicyclic) bond motifs is 2. The van der Waals surface area contributed by atoms with Gasteiger partial charge < -0.3 is 38.6 Å². The van der Waals surface area contributed by atoms with Gasteiger partial charge in [-0.05, 0) is 96.2 Å². The highest BCUT2D eigenvalue weighted by molar-refractivity contribution is 5.51. The quantitative estimate of drug-likeness (QED) is 0.150. The number of hydroxylamine groups is 3. The van der Waals surface area contributed by atoms with Crippen molar-refractivity contribution in [2.75, 3.05) is 55.6 Å². The van der Waals surface area contributed by atoms with Gasteiger partial charge in [0.15, 0.2) is 34.5 Å². The van der Waals surface area contributed by atoms with E-state index in [4.69, 9.17) is 23.7 Å². The van der Waals surface area contributed by atoms with Gasteiger partial charge in [0.25, 0.3) is 0 Å². The lowest BCUT2D eigenvalue weighted by Gasteiger charge is -2.49. The average Bonchev–Trinajstić information content (AvgIpc) is 3.08. The third kappa shape index (κ3) is 6.56. The Morgan fingerprint density at radius 1 is 0.723 bits per heavy atom. The van der Waals surface area contributed by atoms with Crippen molar-refractivity contribution in [3.63, 3.8) is 0 Å². The fraction of sp³-hybridized carbons (Fsp3) is 0.368. The first-order valence-corrected chi connectivity index (χ1v) is 16.0. The number of phenolic OH excluding ortho intramolecular Hbond substituents is 1. The second kappa shape index (κ2) is 13.4. The summed E-state index contributed by atoms with van der Waals surface area (Å²) in [6.45, 7) is 1.42. The van der Waals surface area contributed by atoms with Crippen LogP contribution in [0.4, 0.5) is 0 Å². The van der Waals surface area contributed by atoms with Crippen molar-refractivity contribution in [2.24, 2.45) is 0 Å². The summed E-state index contributed by atoms with van der Waals surface area (Å²) in [5.74, 6) is 3.77. The molecule has 0 fully saturated rings. The van der Waals surface area contributed by atoms with Gasteiger partial charge in [-0.15, -0.1) is 0 Å². The van der Waals surface area contributed by atoms with Crippen molar-refractivity contribution in [1.29, 1.82) is 0 Å². The Labute approximate surface area is 277 Å². The number of nitrogens with zero attached hydrogens (tertiary/aromatic N) is 2. The molecule has 0 spiro atoms. The van der Waals surface area contributed by atoms with E-state index in [1.54, 1.807) is 41.6 Å². The minimum atomic E-state index is -0.401. The van der Waals surface area contributed by atoms with Crippen LogP contribution in [-0.4, -0.2) is 70.3 Å². The Morgan fingerprint density at radius 3 is 1.94 bits per heavy atom. The Hall–Kier alpha value is -4.44. The number of methoxy groups -OCH3 is 4. The van der Waals surface area contributed by atoms with Crippen molar-refractivity contribution in [1.82, 2.24) is 4.90 Å². The SMILES string of the molecule is COc1cc2c(cc1OC)[C@@H](Cc1ccc(Oc3cc(C[C@@H]4c5cc(OC)c(OC)cc5CC[N@+]4(C)[O-])ccc3O)cc1)N(C)CC2. The first-order chi connectivity index (χ1) is 22.6. The lowest BCUT2D eigenvalue weighted by molar-refractivity contribution is -0.894. The number of ether oxygens (including phenoxy) is 5. The molecule has 2 heterocycles. The van der Waals surface area contributed by atoms with E-state index < -0.39 is 4.65 Å². The molecule has 4 aromatic carbocycles. The number of hydrogen-bond acceptors (Lipinski definition) is 8. The van der Waals surface area contributed by atoms with Crippen molar-refractivity contribution in [3.8, 4) is 40.2 Å². The van der Waals surface area contributed by atoms with E-state index in [1.165, 1.54) is 16.7 Å². The smallest absolute Gasteiger partial charge is 0.169 e. The number of hydrogen-bond donors (Lipinski definition) is 1. The summed E-state index contributed by atoms with van der Waals surface area (Å²) in [5, 5.41) is 24.4. The number of quaternary nitrogens is 1. The van der Waals surface area contributed by atoms with Gasteiger partial charge >= 0.3 is 0 Å². The Bertz CT molecular complexity index is 1740. The summed E-state index contributed by atoms with van der Waals surface area (Å²) >= 11 is 0. The molecule has 0 amide bonds. The van der Waals surface area contributed by atoms with E-state index in [9.17, 15) is 10.3 Å². The fourth-order valence-corrected chi connectivity index (χ4v) is 7.01. The third-order valence-corrected chi connectivity index (χ3v) is 9.79. The fourth-order valence-electron chi connectivity index (χ4n) is 7.01. The highest BCUT2D eigenvalue weighted by atomic mass is 16.5. The van der Waals surface area contributed by atoms with Crippen LogP contribution in [0.3, 0.4) is 0 Å². The van der Waals surface area contributed by atoms with Crippen molar-refractivity contribution >= 4 is 0 Å². The first kappa shape index (κ1) is 32.5. The molecule has 2 aliphatic heterocycles. The normalized spacial score (nSPS) is 20.6. The number of benzene rings is 4. The third-order valence-electron chi connectivity index (χ3n) is 9.79. The minimum Gasteiger partial charge on any atom is -0.633 e. The van der Waals surface area contributed by atoms with E-state index in [-0.39, 0.29) is 17.8 Å². The van der Waals surface area contributed by atoms with E-state index in [1.807, 2.05) is 36.4 Å². The maximum absolute atomic E-state index is 13.7. The van der Waals surface area contributed by atoms with Crippen LogP contribution in [-0.2, 0) is 25.7 Å². The Kier molecular flexibility index (Phi) is 9.23. The maximum atomic E-state index is 13.7. The molecular weight excluding hydrogens is 596 g/mol. The summed E-state index contributed by atoms with van der Waals surface area (Å²) in [7, 11) is 10.4. The molecule has 6 rings (SSSR count). The molecule has 3 atom stereocenters. The molecular formula is C38H44N2O7. The van der Waals surface area contributed by atoms with Crippen molar-refractivity contribution in [3.05, 3.63) is 105 Å². The standard InChI is InChI=1S/C38H44N2O7/c1-39-15-13-26-20-35(43-3)37(45-5)22-29(26)31(39)17-24-7-10-28(11-8-24)47-34-19-25(9-12-33(34)41)18-32-30-23-38(46-6)36(44-4)21-27(30)14-16-40(32,2)42/h7-12,19-23,31-32,41H,13-18H2,1-6H3/t31-,32-,40+/m1/s1. The van der Waals surface area contributed by atoms with E-state index in [0.29, 0.717) is 42.4 Å². The molecule has 0 aromatic heterocycles. The molecule has 2 aliphatic rings. The van der Waals surface area contributed by atoms with Gasteiger partial charge in [-0.2, -0.15) is 0 Å². The maximum Gasteiger partial charge on any atom is 0.169 e. The van der Waals surface area contributed by atoms with Crippen LogP contribution < -0.4 is 23.7 Å². The van der Waals surface area contributed by atoms with E-state index in [0.717, 1.165) is 47.6 Å². The molecule has 248 valence electrons. The van der Waals surface area contributed by atoms with Crippen LogP contribution in [0.1, 0.15) is 45.5 Å². The Morgan fingerprint density at radius 2 is 1.30 bits per heavy atom. The van der Waals surface area contributed by atoms with Gasteiger partial charge in [-0.1, -0.05) is 18.2 Å². The van der Waals surface area contributed by atoms with Crippen LogP contribution in [0.2, 0.25) is 0 Å². The molecule has 9 nitrogen and oxygen atoms in total. The summed E-state index contributed by atoms with van der Waals surface area (Å²) in [5.41, 5.74) is 6.66. The van der Waals surface area contributed by atoms with Crippen molar-refractivity contribution in [2.45, 2.75) is 37.8 Å². The van der Waals surface area contributed by atoms with Gasteiger partial charge in [0.05, 0.1) is 42.0 Å². The zero-order chi connectivity index (χ0) is 33.3. The zero-order valence-electron chi connectivity index (χ0n) is 28.0. The van der Waals surface area contributed by atoms with Crippen LogP contribution in [0, 0.1) is 5.21 Å². The van der Waals surface area contributed by atoms with Gasteiger partial charge in [0.1, 0.15) is 11.8 Å². The molecule has 9 heteroatoms. The van der Waals surface area contributed by atoms with E-state index in [2.05, 4.69) is 36.2 Å². The number of phenols is 1. The molecule has 0 saturated carbocycles. The van der Waals surface area contributed by atoms with Crippen LogP contribution in [0.5, 0.6) is 40.2 Å². The predicted octanol–water partition coefficient (Wildman–Crippen LogP) is 6.77. The lowest BCUT2D eigenvalue weighted by atomic mass is 9.88. The average molecular weight is 641 g/mol. The van der Waals surface area contributed by atoms with Crippen LogP contribution in [0.15, 0.2) is 66.7 Å². The molecule has 0 bridgehead atoms. The van der Waals surface area contributed by atoms with Crippen molar-refractivity contribution < 1.29 is 33.4 Å². The van der Waals surface area contributed by atoms with Gasteiger partial charge in [-0.25, -0.2) is 0 Å².